The van der Waals surface area contributed by atoms with Crippen LogP contribution in [0.5, 0.6) is 5.75 Å². The van der Waals surface area contributed by atoms with Crippen LogP contribution in [-0.4, -0.2) is 22.9 Å². The Hall–Kier alpha value is -1.42. The highest BCUT2D eigenvalue weighted by Crippen LogP contribution is 2.31. The first-order valence-electron chi connectivity index (χ1n) is 7.03. The summed E-state index contributed by atoms with van der Waals surface area (Å²) in [4.78, 5) is 16.3. The lowest BCUT2D eigenvalue weighted by Gasteiger charge is -2.22. The molecule has 4 heteroatoms. The fourth-order valence-electron chi connectivity index (χ4n) is 2.55. The van der Waals surface area contributed by atoms with Crippen molar-refractivity contribution in [1.29, 1.82) is 0 Å². The average molecular weight is 262 g/mol. The van der Waals surface area contributed by atoms with Crippen molar-refractivity contribution in [2.75, 3.05) is 6.61 Å². The van der Waals surface area contributed by atoms with Crippen LogP contribution >= 0.6 is 0 Å². The SMILES string of the molecule is CCCOc1cncc(C(=O)CC2(N)CCCC2)c1. The molecule has 1 aliphatic rings. The van der Waals surface area contributed by atoms with Gasteiger partial charge in [0.15, 0.2) is 5.78 Å². The van der Waals surface area contributed by atoms with Gasteiger partial charge in [-0.1, -0.05) is 19.8 Å². The number of hydrogen-bond donors (Lipinski definition) is 1. The second-order valence-electron chi connectivity index (χ2n) is 5.43. The van der Waals surface area contributed by atoms with Crippen molar-refractivity contribution in [3.05, 3.63) is 24.0 Å². The highest BCUT2D eigenvalue weighted by Gasteiger charge is 2.32. The van der Waals surface area contributed by atoms with E-state index in [0.717, 1.165) is 32.1 Å². The summed E-state index contributed by atoms with van der Waals surface area (Å²) in [7, 11) is 0. The maximum absolute atomic E-state index is 12.3. The molecule has 0 aliphatic heterocycles. The lowest BCUT2D eigenvalue weighted by Crippen LogP contribution is -2.38. The maximum Gasteiger partial charge on any atom is 0.166 e. The molecule has 1 aromatic rings. The van der Waals surface area contributed by atoms with Crippen molar-refractivity contribution < 1.29 is 9.53 Å². The Balaban J connectivity index is 2.02. The molecular formula is C15H22N2O2. The van der Waals surface area contributed by atoms with E-state index in [9.17, 15) is 4.79 Å². The molecule has 1 saturated carbocycles. The molecule has 2 N–H and O–H groups in total. The molecule has 2 rings (SSSR count). The highest BCUT2D eigenvalue weighted by molar-refractivity contribution is 5.96. The molecule has 104 valence electrons. The number of ether oxygens (including phenoxy) is 1. The van der Waals surface area contributed by atoms with Gasteiger partial charge in [0.05, 0.1) is 12.8 Å². The summed E-state index contributed by atoms with van der Waals surface area (Å²) in [5.74, 6) is 0.726. The van der Waals surface area contributed by atoms with E-state index in [1.54, 1.807) is 18.5 Å². The summed E-state index contributed by atoms with van der Waals surface area (Å²) in [5.41, 5.74) is 6.54. The Morgan fingerprint density at radius 2 is 2.16 bits per heavy atom. The maximum atomic E-state index is 12.3. The van der Waals surface area contributed by atoms with E-state index in [1.807, 2.05) is 6.92 Å². The van der Waals surface area contributed by atoms with Gasteiger partial charge in [0.2, 0.25) is 0 Å². The average Bonchev–Trinajstić information content (AvgIpc) is 2.83. The first-order chi connectivity index (χ1) is 9.13. The second kappa shape index (κ2) is 6.15. The van der Waals surface area contributed by atoms with E-state index in [2.05, 4.69) is 4.98 Å². The van der Waals surface area contributed by atoms with E-state index in [-0.39, 0.29) is 11.3 Å². The zero-order valence-corrected chi connectivity index (χ0v) is 11.5. The lowest BCUT2D eigenvalue weighted by atomic mass is 9.90. The molecule has 0 atom stereocenters. The molecule has 1 aliphatic carbocycles. The van der Waals surface area contributed by atoms with E-state index in [4.69, 9.17) is 10.5 Å². The van der Waals surface area contributed by atoms with Crippen LogP contribution in [0.2, 0.25) is 0 Å². The van der Waals surface area contributed by atoms with Gasteiger partial charge in [0.25, 0.3) is 0 Å². The predicted octanol–water partition coefficient (Wildman–Crippen LogP) is 2.71. The Kier molecular flexibility index (Phi) is 4.53. The van der Waals surface area contributed by atoms with Crippen molar-refractivity contribution in [2.24, 2.45) is 5.73 Å². The molecule has 19 heavy (non-hydrogen) atoms. The van der Waals surface area contributed by atoms with Gasteiger partial charge >= 0.3 is 0 Å². The first-order valence-corrected chi connectivity index (χ1v) is 7.03. The number of nitrogens with two attached hydrogens (primary N) is 1. The number of rotatable bonds is 6. The minimum atomic E-state index is -0.308. The number of pyridine rings is 1. The van der Waals surface area contributed by atoms with Crippen molar-refractivity contribution in [3.8, 4) is 5.75 Å². The Morgan fingerprint density at radius 3 is 2.84 bits per heavy atom. The summed E-state index contributed by atoms with van der Waals surface area (Å²) in [6.07, 6.45) is 8.72. The lowest BCUT2D eigenvalue weighted by molar-refractivity contribution is 0.0951. The van der Waals surface area contributed by atoms with E-state index < -0.39 is 0 Å². The summed E-state index contributed by atoms with van der Waals surface area (Å²) < 4.78 is 5.50. The van der Waals surface area contributed by atoms with E-state index in [1.165, 1.54) is 0 Å². The number of carbonyl (C=O) groups is 1. The highest BCUT2D eigenvalue weighted by atomic mass is 16.5. The third-order valence-corrected chi connectivity index (χ3v) is 3.62. The van der Waals surface area contributed by atoms with E-state index >= 15 is 0 Å². The molecule has 4 nitrogen and oxygen atoms in total. The van der Waals surface area contributed by atoms with Gasteiger partial charge in [-0.3, -0.25) is 9.78 Å². The second-order valence-corrected chi connectivity index (χ2v) is 5.43. The van der Waals surface area contributed by atoms with Gasteiger partial charge in [-0.15, -0.1) is 0 Å². The minimum absolute atomic E-state index is 0.0684. The van der Waals surface area contributed by atoms with Gasteiger partial charge in [-0.25, -0.2) is 0 Å². The minimum Gasteiger partial charge on any atom is -0.492 e. The third kappa shape index (κ3) is 3.77. The third-order valence-electron chi connectivity index (χ3n) is 3.62. The molecule has 0 bridgehead atoms. The van der Waals surface area contributed by atoms with Gasteiger partial charge in [0.1, 0.15) is 5.75 Å². The molecule has 1 heterocycles. The van der Waals surface area contributed by atoms with Crippen LogP contribution in [0.4, 0.5) is 0 Å². The standard InChI is InChI=1S/C15H22N2O2/c1-2-7-19-13-8-12(10-17-11-13)14(18)9-15(16)5-3-4-6-15/h8,10-11H,2-7,9,16H2,1H3. The van der Waals surface area contributed by atoms with Crippen molar-refractivity contribution >= 4 is 5.78 Å². The largest absolute Gasteiger partial charge is 0.492 e. The monoisotopic (exact) mass is 262 g/mol. The zero-order chi connectivity index (χ0) is 13.7. The summed E-state index contributed by atoms with van der Waals surface area (Å²) in [6.45, 7) is 2.68. The van der Waals surface area contributed by atoms with Crippen LogP contribution < -0.4 is 10.5 Å². The molecule has 0 radical (unpaired) electrons. The normalized spacial score (nSPS) is 17.4. The number of nitrogens with zero attached hydrogens (tertiary/aromatic N) is 1. The smallest absolute Gasteiger partial charge is 0.166 e. The fourth-order valence-corrected chi connectivity index (χ4v) is 2.55. The molecule has 0 amide bonds. The topological polar surface area (TPSA) is 65.2 Å². The molecular weight excluding hydrogens is 240 g/mol. The predicted molar refractivity (Wildman–Crippen MR) is 74.4 cm³/mol. The van der Waals surface area contributed by atoms with Gasteiger partial charge < -0.3 is 10.5 Å². The van der Waals surface area contributed by atoms with Crippen LogP contribution in [0.25, 0.3) is 0 Å². The van der Waals surface area contributed by atoms with Gasteiger partial charge in [-0.05, 0) is 25.3 Å². The van der Waals surface area contributed by atoms with Gasteiger partial charge in [0, 0.05) is 23.7 Å². The molecule has 1 fully saturated rings. The van der Waals surface area contributed by atoms with Crippen molar-refractivity contribution in [3.63, 3.8) is 0 Å². The summed E-state index contributed by atoms with van der Waals surface area (Å²) in [5, 5.41) is 0. The van der Waals surface area contributed by atoms with Crippen LogP contribution in [-0.2, 0) is 0 Å². The number of aromatic nitrogens is 1. The van der Waals surface area contributed by atoms with Crippen LogP contribution in [0.3, 0.4) is 0 Å². The molecule has 0 spiro atoms. The fraction of sp³-hybridized carbons (Fsp3) is 0.600. The molecule has 0 saturated heterocycles. The molecule has 0 aromatic carbocycles. The summed E-state index contributed by atoms with van der Waals surface area (Å²) >= 11 is 0. The van der Waals surface area contributed by atoms with Crippen LogP contribution in [0, 0.1) is 0 Å². The Bertz CT molecular complexity index is 440. The van der Waals surface area contributed by atoms with Crippen molar-refractivity contribution in [1.82, 2.24) is 4.98 Å². The number of hydrogen-bond acceptors (Lipinski definition) is 4. The van der Waals surface area contributed by atoms with E-state index in [0.29, 0.717) is 24.3 Å². The van der Waals surface area contributed by atoms with Crippen LogP contribution in [0.1, 0.15) is 55.8 Å². The Morgan fingerprint density at radius 1 is 1.42 bits per heavy atom. The quantitative estimate of drug-likeness (QED) is 0.800. The number of Topliss-reactive ketones (excluding diaryl/α,β-unsaturated/α-hetero) is 1. The van der Waals surface area contributed by atoms with Crippen molar-refractivity contribution in [2.45, 2.75) is 51.0 Å². The number of carbonyl (C=O) groups excluding carboxylic acids is 1. The first kappa shape index (κ1) is 14.0. The number of ketones is 1. The molecule has 0 unspecified atom stereocenters. The zero-order valence-electron chi connectivity index (χ0n) is 11.5. The Labute approximate surface area is 114 Å². The van der Waals surface area contributed by atoms with Crippen LogP contribution in [0.15, 0.2) is 18.5 Å². The molecule has 1 aromatic heterocycles. The summed E-state index contributed by atoms with van der Waals surface area (Å²) in [6, 6.07) is 1.77. The van der Waals surface area contributed by atoms with Gasteiger partial charge in [-0.2, -0.15) is 0 Å².